The number of benzene rings is 2. The van der Waals surface area contributed by atoms with Gasteiger partial charge in [0.25, 0.3) is 0 Å². The van der Waals surface area contributed by atoms with Gasteiger partial charge in [0.2, 0.25) is 5.91 Å². The smallest absolute Gasteiger partial charge is 0.416 e. The Bertz CT molecular complexity index is 1250. The van der Waals surface area contributed by atoms with Crippen LogP contribution >= 0.6 is 0 Å². The number of carbonyl (C=O) groups excluding carboxylic acids is 2. The van der Waals surface area contributed by atoms with Gasteiger partial charge in [-0.05, 0) is 82.9 Å². The highest BCUT2D eigenvalue weighted by atomic mass is 19.4. The van der Waals surface area contributed by atoms with Gasteiger partial charge in [0.05, 0.1) is 16.5 Å². The van der Waals surface area contributed by atoms with Gasteiger partial charge in [-0.3, -0.25) is 4.79 Å². The van der Waals surface area contributed by atoms with E-state index in [0.717, 1.165) is 11.1 Å². The van der Waals surface area contributed by atoms with Gasteiger partial charge in [0.1, 0.15) is 5.60 Å². The average Bonchev–Trinajstić information content (AvgIpc) is 2.85. The lowest BCUT2D eigenvalue weighted by atomic mass is 9.79. The van der Waals surface area contributed by atoms with Crippen molar-refractivity contribution in [2.24, 2.45) is 0 Å². The third-order valence-corrected chi connectivity index (χ3v) is 7.48. The van der Waals surface area contributed by atoms with E-state index in [1.54, 1.807) is 25.7 Å². The molecule has 1 fully saturated rings. The summed E-state index contributed by atoms with van der Waals surface area (Å²) >= 11 is 0. The van der Waals surface area contributed by atoms with Gasteiger partial charge in [-0.25, -0.2) is 4.79 Å². The van der Waals surface area contributed by atoms with Gasteiger partial charge in [0, 0.05) is 32.1 Å². The quantitative estimate of drug-likeness (QED) is 0.348. The average molecular weight is 587 g/mol. The molecule has 1 heterocycles. The molecular formula is C30H36F6N2O3. The third kappa shape index (κ3) is 7.35. The summed E-state index contributed by atoms with van der Waals surface area (Å²) in [5.41, 5.74) is -4.00. The van der Waals surface area contributed by atoms with E-state index in [1.807, 2.05) is 31.2 Å². The molecule has 11 heteroatoms. The summed E-state index contributed by atoms with van der Waals surface area (Å²) in [5, 5.41) is 0. The van der Waals surface area contributed by atoms with Crippen LogP contribution in [0.3, 0.4) is 0 Å². The van der Waals surface area contributed by atoms with E-state index in [0.29, 0.717) is 18.6 Å². The molecule has 2 aromatic carbocycles. The third-order valence-electron chi connectivity index (χ3n) is 7.48. The van der Waals surface area contributed by atoms with Crippen LogP contribution in [0.5, 0.6) is 0 Å². The zero-order valence-electron chi connectivity index (χ0n) is 24.2. The zero-order chi connectivity index (χ0) is 31.1. The molecule has 0 spiro atoms. The predicted molar refractivity (Wildman–Crippen MR) is 142 cm³/mol. The summed E-state index contributed by atoms with van der Waals surface area (Å²) in [4.78, 5) is 29.8. The van der Waals surface area contributed by atoms with E-state index >= 15 is 0 Å². The van der Waals surface area contributed by atoms with Crippen LogP contribution in [0, 0.1) is 6.92 Å². The lowest BCUT2D eigenvalue weighted by molar-refractivity contribution is -0.144. The minimum atomic E-state index is -5.04. The number of likely N-dealkylation sites (N-methyl/N-ethyl adjacent to an activating group) is 1. The second kappa shape index (κ2) is 11.2. The van der Waals surface area contributed by atoms with Crippen LogP contribution in [-0.2, 0) is 27.3 Å². The van der Waals surface area contributed by atoms with E-state index in [-0.39, 0.29) is 25.1 Å². The number of alkyl halides is 6. The number of nitrogens with zero attached hydrogens (tertiary/aromatic N) is 2. The number of aryl methyl sites for hydroxylation is 1. The van der Waals surface area contributed by atoms with Crippen molar-refractivity contribution in [1.82, 2.24) is 9.80 Å². The largest absolute Gasteiger partial charge is 0.444 e. The number of piperidine rings is 1. The number of amides is 2. The summed E-state index contributed by atoms with van der Waals surface area (Å²) < 4.78 is 86.9. The molecule has 0 unspecified atom stereocenters. The molecule has 1 aliphatic rings. The van der Waals surface area contributed by atoms with Crippen LogP contribution in [0.4, 0.5) is 31.1 Å². The Balaban J connectivity index is 2.01. The highest BCUT2D eigenvalue weighted by molar-refractivity contribution is 5.87. The highest BCUT2D eigenvalue weighted by Crippen LogP contribution is 2.41. The molecule has 0 aromatic heterocycles. The normalized spacial score (nSPS) is 18.7. The Labute approximate surface area is 236 Å². The minimum absolute atomic E-state index is 0.0500. The second-order valence-corrected chi connectivity index (χ2v) is 12.1. The number of halogens is 6. The summed E-state index contributed by atoms with van der Waals surface area (Å²) in [5.74, 6) is -1.02. The van der Waals surface area contributed by atoms with Gasteiger partial charge in [-0.15, -0.1) is 0 Å². The molecule has 0 N–H and O–H groups in total. The molecule has 2 aromatic rings. The summed E-state index contributed by atoms with van der Waals surface area (Å²) in [7, 11) is 1.50. The van der Waals surface area contributed by atoms with Crippen LogP contribution in [0.1, 0.15) is 74.8 Å². The Morgan fingerprint density at radius 1 is 0.878 bits per heavy atom. The van der Waals surface area contributed by atoms with Crippen molar-refractivity contribution in [2.75, 3.05) is 20.1 Å². The second-order valence-electron chi connectivity index (χ2n) is 12.1. The molecule has 41 heavy (non-hydrogen) atoms. The fourth-order valence-corrected chi connectivity index (χ4v) is 5.23. The van der Waals surface area contributed by atoms with Crippen LogP contribution in [-0.4, -0.2) is 53.6 Å². The zero-order valence-corrected chi connectivity index (χ0v) is 24.2. The Morgan fingerprint density at radius 3 is 1.88 bits per heavy atom. The summed E-state index contributed by atoms with van der Waals surface area (Å²) in [6.45, 7) is 10.3. The Morgan fingerprint density at radius 2 is 1.39 bits per heavy atom. The molecule has 2 atom stereocenters. The fourth-order valence-electron chi connectivity index (χ4n) is 5.23. The van der Waals surface area contributed by atoms with Crippen molar-refractivity contribution in [2.45, 2.75) is 83.3 Å². The maximum absolute atomic E-state index is 13.9. The van der Waals surface area contributed by atoms with Crippen LogP contribution in [0.15, 0.2) is 42.5 Å². The summed E-state index contributed by atoms with van der Waals surface area (Å²) in [6.07, 6.45) is -10.3. The minimum Gasteiger partial charge on any atom is -0.444 e. The van der Waals surface area contributed by atoms with Crippen molar-refractivity contribution in [3.63, 3.8) is 0 Å². The monoisotopic (exact) mass is 586 g/mol. The molecule has 1 aliphatic heterocycles. The van der Waals surface area contributed by atoms with E-state index in [2.05, 4.69) is 0 Å². The van der Waals surface area contributed by atoms with Crippen molar-refractivity contribution in [1.29, 1.82) is 0 Å². The molecule has 0 radical (unpaired) electrons. The summed E-state index contributed by atoms with van der Waals surface area (Å²) in [6, 6.07) is 8.23. The van der Waals surface area contributed by atoms with Gasteiger partial charge in [-0.2, -0.15) is 26.3 Å². The Kier molecular flexibility index (Phi) is 8.82. The molecule has 2 amide bonds. The van der Waals surface area contributed by atoms with Gasteiger partial charge in [0.15, 0.2) is 0 Å². The first-order valence-electron chi connectivity index (χ1n) is 13.2. The topological polar surface area (TPSA) is 49.9 Å². The van der Waals surface area contributed by atoms with Crippen LogP contribution < -0.4 is 0 Å². The predicted octanol–water partition coefficient (Wildman–Crippen LogP) is 7.56. The maximum Gasteiger partial charge on any atom is 0.416 e. The van der Waals surface area contributed by atoms with Gasteiger partial charge in [-0.1, -0.05) is 24.3 Å². The van der Waals surface area contributed by atoms with Gasteiger partial charge < -0.3 is 14.5 Å². The van der Waals surface area contributed by atoms with Crippen molar-refractivity contribution < 1.29 is 40.7 Å². The lowest BCUT2D eigenvalue weighted by Gasteiger charge is -2.45. The van der Waals surface area contributed by atoms with E-state index < -0.39 is 58.1 Å². The van der Waals surface area contributed by atoms with E-state index in [4.69, 9.17) is 4.74 Å². The fraction of sp³-hybridized carbons (Fsp3) is 0.533. The SMILES string of the molecule is Cc1ccccc1[C@H]1CN(C(=O)OC(C)(C)C)CC[C@@H]1N(C)C(=O)C(C)(C)c1cc(C(F)(F)F)cc(C(F)(F)F)c1. The van der Waals surface area contributed by atoms with Crippen LogP contribution in [0.25, 0.3) is 0 Å². The first-order valence-corrected chi connectivity index (χ1v) is 13.2. The van der Waals surface area contributed by atoms with Crippen molar-refractivity contribution >= 4 is 12.0 Å². The molecule has 5 nitrogen and oxygen atoms in total. The molecule has 226 valence electrons. The maximum atomic E-state index is 13.9. The first kappa shape index (κ1) is 32.3. The lowest BCUT2D eigenvalue weighted by Crippen LogP contribution is -2.55. The standard InChI is InChI=1S/C30H36F6N2O3/c1-18-10-8-9-11-22(18)23-17-38(26(40)41-27(2,3)4)13-12-24(23)37(7)25(39)28(5,6)19-14-20(29(31,32)33)16-21(15-19)30(34,35)36/h8-11,14-16,23-24H,12-13,17H2,1-7H3/t23-,24+/m1/s1. The Hall–Kier alpha value is -3.24. The number of rotatable bonds is 4. The van der Waals surface area contributed by atoms with E-state index in [9.17, 15) is 35.9 Å². The molecule has 0 bridgehead atoms. The number of ether oxygens (including phenoxy) is 1. The molecular weight excluding hydrogens is 550 g/mol. The molecule has 0 saturated carbocycles. The number of hydrogen-bond acceptors (Lipinski definition) is 3. The van der Waals surface area contributed by atoms with Crippen molar-refractivity contribution in [3.05, 3.63) is 70.3 Å². The number of likely N-dealkylation sites (tertiary alicyclic amines) is 1. The van der Waals surface area contributed by atoms with Gasteiger partial charge >= 0.3 is 18.4 Å². The molecule has 0 aliphatic carbocycles. The first-order chi connectivity index (χ1) is 18.6. The number of carbonyl (C=O) groups is 2. The highest BCUT2D eigenvalue weighted by Gasteiger charge is 2.44. The van der Waals surface area contributed by atoms with E-state index in [1.165, 1.54) is 25.8 Å². The van der Waals surface area contributed by atoms with Crippen molar-refractivity contribution in [3.8, 4) is 0 Å². The molecule has 1 saturated heterocycles. The van der Waals surface area contributed by atoms with Crippen LogP contribution in [0.2, 0.25) is 0 Å². The number of hydrogen-bond donors (Lipinski definition) is 0. The molecule has 3 rings (SSSR count).